The Kier molecular flexibility index (Phi) is 4.80. The molecule has 1 aromatic carbocycles. The number of nitrogens with zero attached hydrogens (tertiary/aromatic N) is 1. The van der Waals surface area contributed by atoms with Gasteiger partial charge in [-0.3, -0.25) is 0 Å². The molecule has 0 unspecified atom stereocenters. The van der Waals surface area contributed by atoms with Crippen LogP contribution in [0.4, 0.5) is 0 Å². The molecule has 0 radical (unpaired) electrons. The van der Waals surface area contributed by atoms with Gasteiger partial charge in [0.25, 0.3) is 0 Å². The van der Waals surface area contributed by atoms with Gasteiger partial charge in [0.1, 0.15) is 0 Å². The summed E-state index contributed by atoms with van der Waals surface area (Å²) in [5.41, 5.74) is 0.716. The minimum atomic E-state index is -1.07. The Labute approximate surface area is 98.4 Å². The number of oxime groups is 1. The summed E-state index contributed by atoms with van der Waals surface area (Å²) >= 11 is 0. The van der Waals surface area contributed by atoms with Crippen LogP contribution < -0.4 is 9.47 Å². The molecule has 0 aliphatic carbocycles. The fourth-order valence-electron chi connectivity index (χ4n) is 1.12. The van der Waals surface area contributed by atoms with E-state index in [0.717, 1.165) is 0 Å². The number of methoxy groups -OCH3 is 2. The van der Waals surface area contributed by atoms with Crippen LogP contribution in [0.1, 0.15) is 5.56 Å². The van der Waals surface area contributed by atoms with E-state index < -0.39 is 12.6 Å². The van der Waals surface area contributed by atoms with Gasteiger partial charge < -0.3 is 19.4 Å². The molecule has 0 aliphatic heterocycles. The minimum absolute atomic E-state index is 0.468. The zero-order valence-corrected chi connectivity index (χ0v) is 9.54. The summed E-state index contributed by atoms with van der Waals surface area (Å²) in [7, 11) is 3.07. The van der Waals surface area contributed by atoms with Crippen LogP contribution in [0.25, 0.3) is 0 Å². The highest BCUT2D eigenvalue weighted by Crippen LogP contribution is 2.26. The second kappa shape index (κ2) is 6.37. The van der Waals surface area contributed by atoms with E-state index in [9.17, 15) is 4.79 Å². The number of hydrogen-bond acceptors (Lipinski definition) is 5. The fourth-order valence-corrected chi connectivity index (χ4v) is 1.12. The molecule has 1 rings (SSSR count). The van der Waals surface area contributed by atoms with Gasteiger partial charge in [0.05, 0.1) is 20.4 Å². The Morgan fingerprint density at radius 3 is 2.65 bits per heavy atom. The number of benzene rings is 1. The second-order valence-electron chi connectivity index (χ2n) is 3.02. The fraction of sp³-hybridized carbons (Fsp3) is 0.273. The van der Waals surface area contributed by atoms with E-state index in [0.29, 0.717) is 17.1 Å². The Morgan fingerprint density at radius 1 is 1.35 bits per heavy atom. The molecule has 6 nitrogen and oxygen atoms in total. The van der Waals surface area contributed by atoms with Gasteiger partial charge in [-0.25, -0.2) is 4.79 Å². The molecule has 0 bridgehead atoms. The lowest BCUT2D eigenvalue weighted by molar-refractivity contribution is -0.142. The molecule has 0 saturated heterocycles. The molecule has 92 valence electrons. The summed E-state index contributed by atoms with van der Waals surface area (Å²) < 4.78 is 10.2. The van der Waals surface area contributed by atoms with Gasteiger partial charge in [-0.15, -0.1) is 0 Å². The molecule has 0 saturated carbocycles. The van der Waals surface area contributed by atoms with Crippen molar-refractivity contribution in [1.82, 2.24) is 0 Å². The number of hydrogen-bond donors (Lipinski definition) is 1. The third kappa shape index (κ3) is 4.02. The van der Waals surface area contributed by atoms with Gasteiger partial charge in [0, 0.05) is 5.56 Å². The molecule has 6 heteroatoms. The van der Waals surface area contributed by atoms with Crippen LogP contribution in [0, 0.1) is 0 Å². The van der Waals surface area contributed by atoms with E-state index in [1.54, 1.807) is 25.3 Å². The first-order valence-electron chi connectivity index (χ1n) is 4.76. The van der Waals surface area contributed by atoms with Crippen LogP contribution in [-0.2, 0) is 9.63 Å². The zero-order valence-electron chi connectivity index (χ0n) is 9.54. The Morgan fingerprint density at radius 2 is 2.06 bits per heavy atom. The average molecular weight is 239 g/mol. The number of carboxylic acid groups (broad SMARTS) is 1. The molecule has 0 aliphatic rings. The van der Waals surface area contributed by atoms with Crippen LogP contribution in [-0.4, -0.2) is 38.1 Å². The lowest BCUT2D eigenvalue weighted by atomic mass is 10.2. The molecule has 17 heavy (non-hydrogen) atoms. The van der Waals surface area contributed by atoms with Gasteiger partial charge in [-0.05, 0) is 18.2 Å². The number of carboxylic acids is 1. The van der Waals surface area contributed by atoms with E-state index in [4.69, 9.17) is 14.6 Å². The Hall–Kier alpha value is -2.24. The second-order valence-corrected chi connectivity index (χ2v) is 3.02. The number of carbonyl (C=O) groups is 1. The maximum atomic E-state index is 10.2. The smallest absolute Gasteiger partial charge is 0.344 e. The Balaban J connectivity index is 2.68. The topological polar surface area (TPSA) is 77.4 Å². The Bertz CT molecular complexity index is 416. The van der Waals surface area contributed by atoms with E-state index in [1.807, 2.05) is 0 Å². The number of ether oxygens (including phenoxy) is 2. The molecule has 0 spiro atoms. The van der Waals surface area contributed by atoms with Crippen LogP contribution >= 0.6 is 0 Å². The van der Waals surface area contributed by atoms with Crippen molar-refractivity contribution in [3.05, 3.63) is 23.8 Å². The normalized spacial score (nSPS) is 10.2. The third-order valence-electron chi connectivity index (χ3n) is 1.87. The number of aliphatic carboxylic acids is 1. The van der Waals surface area contributed by atoms with Gasteiger partial charge in [0.15, 0.2) is 11.5 Å². The van der Waals surface area contributed by atoms with Gasteiger partial charge in [-0.1, -0.05) is 5.16 Å². The predicted molar refractivity (Wildman–Crippen MR) is 60.7 cm³/mol. The summed E-state index contributed by atoms with van der Waals surface area (Å²) in [6, 6.07) is 5.17. The highest BCUT2D eigenvalue weighted by atomic mass is 16.6. The van der Waals surface area contributed by atoms with E-state index in [-0.39, 0.29) is 0 Å². The van der Waals surface area contributed by atoms with Crippen molar-refractivity contribution >= 4 is 12.2 Å². The minimum Gasteiger partial charge on any atom is -0.493 e. The quantitative estimate of drug-likeness (QED) is 0.595. The van der Waals surface area contributed by atoms with Crippen molar-refractivity contribution in [1.29, 1.82) is 0 Å². The molecule has 0 aromatic heterocycles. The average Bonchev–Trinajstić information content (AvgIpc) is 2.34. The predicted octanol–water partition coefficient (Wildman–Crippen LogP) is 1.14. The molecular weight excluding hydrogens is 226 g/mol. The summed E-state index contributed by atoms with van der Waals surface area (Å²) in [4.78, 5) is 14.7. The number of rotatable bonds is 6. The zero-order chi connectivity index (χ0) is 12.7. The van der Waals surface area contributed by atoms with Crippen molar-refractivity contribution in [2.45, 2.75) is 0 Å². The van der Waals surface area contributed by atoms with E-state index in [1.165, 1.54) is 13.3 Å². The van der Waals surface area contributed by atoms with Gasteiger partial charge in [0.2, 0.25) is 6.61 Å². The molecule has 0 heterocycles. The lowest BCUT2D eigenvalue weighted by Gasteiger charge is -2.07. The standard InChI is InChI=1S/C11H13NO5/c1-15-9-4-3-8(5-10(9)16-2)6-12-17-7-11(13)14/h3-6H,7H2,1-2H3,(H,13,14)/b12-6-. The first kappa shape index (κ1) is 12.8. The van der Waals surface area contributed by atoms with E-state index >= 15 is 0 Å². The maximum Gasteiger partial charge on any atom is 0.344 e. The van der Waals surface area contributed by atoms with Gasteiger partial charge >= 0.3 is 5.97 Å². The van der Waals surface area contributed by atoms with E-state index in [2.05, 4.69) is 9.99 Å². The van der Waals surface area contributed by atoms with Crippen molar-refractivity contribution in [2.75, 3.05) is 20.8 Å². The van der Waals surface area contributed by atoms with Crippen molar-refractivity contribution < 1.29 is 24.2 Å². The summed E-state index contributed by atoms with van der Waals surface area (Å²) in [5, 5.41) is 11.8. The maximum absolute atomic E-state index is 10.2. The first-order valence-corrected chi connectivity index (χ1v) is 4.76. The van der Waals surface area contributed by atoms with Crippen molar-refractivity contribution in [3.63, 3.8) is 0 Å². The molecule has 1 N–H and O–H groups in total. The largest absolute Gasteiger partial charge is 0.493 e. The monoisotopic (exact) mass is 239 g/mol. The van der Waals surface area contributed by atoms with Crippen LogP contribution in [0.2, 0.25) is 0 Å². The summed E-state index contributed by atoms with van der Waals surface area (Å²) in [6.07, 6.45) is 1.39. The van der Waals surface area contributed by atoms with Crippen molar-refractivity contribution in [2.24, 2.45) is 5.16 Å². The van der Waals surface area contributed by atoms with Crippen LogP contribution in [0.15, 0.2) is 23.4 Å². The highest BCUT2D eigenvalue weighted by molar-refractivity contribution is 5.80. The summed E-state index contributed by atoms with van der Waals surface area (Å²) in [6.45, 7) is -0.468. The summed E-state index contributed by atoms with van der Waals surface area (Å²) in [5.74, 6) is 0.0975. The highest BCUT2D eigenvalue weighted by Gasteiger charge is 2.03. The molecule has 1 aromatic rings. The van der Waals surface area contributed by atoms with Gasteiger partial charge in [-0.2, -0.15) is 0 Å². The molecule has 0 amide bonds. The van der Waals surface area contributed by atoms with Crippen LogP contribution in [0.3, 0.4) is 0 Å². The molecule has 0 atom stereocenters. The first-order chi connectivity index (χ1) is 8.17. The SMILES string of the molecule is COc1ccc(/C=N\OCC(=O)O)cc1OC. The molecular formula is C11H13NO5. The van der Waals surface area contributed by atoms with Crippen LogP contribution in [0.5, 0.6) is 11.5 Å². The third-order valence-corrected chi connectivity index (χ3v) is 1.87. The van der Waals surface area contributed by atoms with Crippen molar-refractivity contribution in [3.8, 4) is 11.5 Å². The molecule has 0 fully saturated rings. The lowest BCUT2D eigenvalue weighted by Crippen LogP contribution is -2.03.